The number of hydrogen-bond acceptors (Lipinski definition) is 4. The number of benzene rings is 1. The lowest BCUT2D eigenvalue weighted by atomic mass is 9.66. The summed E-state index contributed by atoms with van der Waals surface area (Å²) < 4.78 is 16.7. The summed E-state index contributed by atoms with van der Waals surface area (Å²) >= 11 is 0. The fourth-order valence-electron chi connectivity index (χ4n) is 4.17. The van der Waals surface area contributed by atoms with Gasteiger partial charge in [-0.1, -0.05) is 12.1 Å². The Morgan fingerprint density at radius 2 is 1.92 bits per heavy atom. The third kappa shape index (κ3) is 4.11. The Morgan fingerprint density at radius 1 is 1.17 bits per heavy atom. The molecule has 2 heterocycles. The maximum atomic E-state index is 5.75. The minimum atomic E-state index is 0.434. The highest BCUT2D eigenvalue weighted by molar-refractivity contribution is 5.27. The molecule has 0 aliphatic carbocycles. The maximum Gasteiger partial charge on any atom is 0.118 e. The van der Waals surface area contributed by atoms with Crippen LogP contribution in [-0.4, -0.2) is 51.5 Å². The summed E-state index contributed by atoms with van der Waals surface area (Å²) in [6, 6.07) is 8.46. The summed E-state index contributed by atoms with van der Waals surface area (Å²) in [4.78, 5) is 2.58. The van der Waals surface area contributed by atoms with Crippen LogP contribution in [-0.2, 0) is 16.0 Å². The second kappa shape index (κ2) is 8.32. The fraction of sp³-hybridized carbons (Fsp3) is 0.700. The summed E-state index contributed by atoms with van der Waals surface area (Å²) in [5, 5.41) is 0. The van der Waals surface area contributed by atoms with Gasteiger partial charge in [0.25, 0.3) is 0 Å². The van der Waals surface area contributed by atoms with Gasteiger partial charge in [0, 0.05) is 25.7 Å². The quantitative estimate of drug-likeness (QED) is 0.799. The summed E-state index contributed by atoms with van der Waals surface area (Å²) in [5.41, 5.74) is 1.80. The van der Waals surface area contributed by atoms with E-state index in [0.717, 1.165) is 38.7 Å². The highest BCUT2D eigenvalue weighted by Crippen LogP contribution is 2.45. The van der Waals surface area contributed by atoms with Crippen molar-refractivity contribution < 1.29 is 14.2 Å². The number of likely N-dealkylation sites (tertiary alicyclic amines) is 1. The molecule has 1 aromatic rings. The van der Waals surface area contributed by atoms with Gasteiger partial charge in [0.15, 0.2) is 0 Å². The van der Waals surface area contributed by atoms with Gasteiger partial charge >= 0.3 is 0 Å². The van der Waals surface area contributed by atoms with Gasteiger partial charge in [0.05, 0.1) is 20.3 Å². The number of nitrogens with zero attached hydrogens (tertiary/aromatic N) is 1. The van der Waals surface area contributed by atoms with Crippen molar-refractivity contribution in [3.63, 3.8) is 0 Å². The normalized spacial score (nSPS) is 24.2. The Balaban J connectivity index is 1.55. The van der Waals surface area contributed by atoms with Crippen molar-refractivity contribution in [1.29, 1.82) is 0 Å². The second-order valence-corrected chi connectivity index (χ2v) is 7.17. The lowest BCUT2D eigenvalue weighted by Gasteiger charge is -2.49. The summed E-state index contributed by atoms with van der Waals surface area (Å²) in [7, 11) is 1.71. The van der Waals surface area contributed by atoms with Gasteiger partial charge in [0.1, 0.15) is 5.75 Å². The highest BCUT2D eigenvalue weighted by atomic mass is 16.5. The van der Waals surface area contributed by atoms with E-state index in [1.165, 1.54) is 37.9 Å². The van der Waals surface area contributed by atoms with Crippen molar-refractivity contribution in [2.24, 2.45) is 11.3 Å². The van der Waals surface area contributed by atoms with E-state index in [1.807, 2.05) is 0 Å². The van der Waals surface area contributed by atoms with Crippen LogP contribution in [0.25, 0.3) is 0 Å². The molecule has 0 saturated carbocycles. The lowest BCUT2D eigenvalue weighted by molar-refractivity contribution is -0.0993. The Morgan fingerprint density at radius 3 is 2.58 bits per heavy atom. The first kappa shape index (κ1) is 17.7. The van der Waals surface area contributed by atoms with Crippen LogP contribution in [0.1, 0.15) is 31.7 Å². The van der Waals surface area contributed by atoms with E-state index in [9.17, 15) is 0 Å². The van der Waals surface area contributed by atoms with Gasteiger partial charge in [-0.05, 0) is 62.4 Å². The van der Waals surface area contributed by atoms with Crippen LogP contribution in [0, 0.1) is 11.3 Å². The van der Waals surface area contributed by atoms with Gasteiger partial charge < -0.3 is 14.2 Å². The van der Waals surface area contributed by atoms with E-state index in [4.69, 9.17) is 14.2 Å². The van der Waals surface area contributed by atoms with Crippen LogP contribution in [0.4, 0.5) is 0 Å². The number of ether oxygens (including phenoxy) is 3. The van der Waals surface area contributed by atoms with E-state index in [0.29, 0.717) is 11.3 Å². The van der Waals surface area contributed by atoms with Crippen LogP contribution in [0.5, 0.6) is 5.75 Å². The molecule has 0 amide bonds. The Hall–Kier alpha value is -1.10. The molecule has 1 unspecified atom stereocenters. The molecule has 4 heteroatoms. The molecule has 2 aliphatic rings. The Bertz CT molecular complexity index is 494. The molecule has 2 saturated heterocycles. The molecule has 0 N–H and O–H groups in total. The largest absolute Gasteiger partial charge is 0.497 e. The van der Waals surface area contributed by atoms with Crippen LogP contribution in [0.2, 0.25) is 0 Å². The fourth-order valence-corrected chi connectivity index (χ4v) is 4.17. The van der Waals surface area contributed by atoms with Crippen molar-refractivity contribution >= 4 is 0 Å². The monoisotopic (exact) mass is 333 g/mol. The number of rotatable bonds is 6. The van der Waals surface area contributed by atoms with E-state index in [2.05, 4.69) is 36.1 Å². The minimum absolute atomic E-state index is 0.434. The molecule has 0 radical (unpaired) electrons. The zero-order chi connectivity index (χ0) is 16.8. The average molecular weight is 333 g/mol. The number of piperidine rings is 1. The van der Waals surface area contributed by atoms with Gasteiger partial charge in [-0.25, -0.2) is 0 Å². The SMILES string of the molecule is CCOCC1COCCC12CCN(Cc1ccc(OC)cc1)CC2. The van der Waals surface area contributed by atoms with Crippen LogP contribution >= 0.6 is 0 Å². The number of methoxy groups -OCH3 is 1. The topological polar surface area (TPSA) is 30.9 Å². The lowest BCUT2D eigenvalue weighted by Crippen LogP contribution is -2.49. The van der Waals surface area contributed by atoms with E-state index in [-0.39, 0.29) is 0 Å². The summed E-state index contributed by atoms with van der Waals surface area (Å²) in [5.74, 6) is 1.49. The molecule has 0 aromatic heterocycles. The predicted octanol–water partition coefficient (Wildman–Crippen LogP) is 3.35. The molecule has 3 rings (SSSR count). The molecule has 1 spiro atoms. The molecular formula is C20H31NO3. The third-order valence-corrected chi connectivity index (χ3v) is 5.87. The predicted molar refractivity (Wildman–Crippen MR) is 95.4 cm³/mol. The zero-order valence-corrected chi connectivity index (χ0v) is 15.1. The van der Waals surface area contributed by atoms with Crippen LogP contribution in [0.15, 0.2) is 24.3 Å². The van der Waals surface area contributed by atoms with Gasteiger partial charge in [-0.3, -0.25) is 4.90 Å². The number of hydrogen-bond donors (Lipinski definition) is 0. The summed E-state index contributed by atoms with van der Waals surface area (Å²) in [6.07, 6.45) is 3.73. The van der Waals surface area contributed by atoms with Crippen molar-refractivity contribution in [2.45, 2.75) is 32.7 Å². The molecule has 24 heavy (non-hydrogen) atoms. The molecule has 4 nitrogen and oxygen atoms in total. The molecule has 134 valence electrons. The Kier molecular flexibility index (Phi) is 6.14. The van der Waals surface area contributed by atoms with E-state index < -0.39 is 0 Å². The molecule has 2 fully saturated rings. The second-order valence-electron chi connectivity index (χ2n) is 7.17. The molecule has 0 bridgehead atoms. The summed E-state index contributed by atoms with van der Waals surface area (Å²) in [6.45, 7) is 8.91. The molecular weight excluding hydrogens is 302 g/mol. The first-order valence-electron chi connectivity index (χ1n) is 9.26. The van der Waals surface area contributed by atoms with Crippen LogP contribution < -0.4 is 4.74 Å². The van der Waals surface area contributed by atoms with Crippen molar-refractivity contribution in [3.05, 3.63) is 29.8 Å². The average Bonchev–Trinajstić information content (AvgIpc) is 2.64. The third-order valence-electron chi connectivity index (χ3n) is 5.87. The van der Waals surface area contributed by atoms with Crippen molar-refractivity contribution in [1.82, 2.24) is 4.90 Å². The van der Waals surface area contributed by atoms with Gasteiger partial charge in [-0.2, -0.15) is 0 Å². The molecule has 2 aliphatic heterocycles. The first-order valence-corrected chi connectivity index (χ1v) is 9.26. The highest BCUT2D eigenvalue weighted by Gasteiger charge is 2.43. The Labute approximate surface area is 146 Å². The molecule has 1 aromatic carbocycles. The standard InChI is InChI=1S/C20H31NO3/c1-3-23-15-18-16-24-13-10-20(18)8-11-21(12-9-20)14-17-4-6-19(22-2)7-5-17/h4-7,18H,3,8-16H2,1-2H3. The smallest absolute Gasteiger partial charge is 0.118 e. The van der Waals surface area contributed by atoms with Gasteiger partial charge in [0.2, 0.25) is 0 Å². The van der Waals surface area contributed by atoms with Crippen molar-refractivity contribution in [3.8, 4) is 5.75 Å². The van der Waals surface area contributed by atoms with Crippen molar-refractivity contribution in [2.75, 3.05) is 46.6 Å². The van der Waals surface area contributed by atoms with E-state index >= 15 is 0 Å². The van der Waals surface area contributed by atoms with E-state index in [1.54, 1.807) is 7.11 Å². The zero-order valence-electron chi connectivity index (χ0n) is 15.1. The maximum absolute atomic E-state index is 5.75. The minimum Gasteiger partial charge on any atom is -0.497 e. The van der Waals surface area contributed by atoms with Crippen LogP contribution in [0.3, 0.4) is 0 Å². The van der Waals surface area contributed by atoms with Gasteiger partial charge in [-0.15, -0.1) is 0 Å². The molecule has 1 atom stereocenters. The first-order chi connectivity index (χ1) is 11.8.